The highest BCUT2D eigenvalue weighted by Crippen LogP contribution is 2.38. The molecule has 14 rings (SSSR count). The zero-order chi connectivity index (χ0) is 63.6. The van der Waals surface area contributed by atoms with Gasteiger partial charge in [-0.3, -0.25) is 9.13 Å². The molecule has 0 N–H and O–H groups in total. The number of hydrogen-bond acceptors (Lipinski definition) is 3. The third-order valence-corrected chi connectivity index (χ3v) is 17.7. The summed E-state index contributed by atoms with van der Waals surface area (Å²) in [5.74, 6) is -1.56. The van der Waals surface area contributed by atoms with Gasteiger partial charge in [-0.15, -0.1) is 0 Å². The number of hydrogen-bond donors (Lipinski definition) is 0. The summed E-state index contributed by atoms with van der Waals surface area (Å²) < 4.78 is 187. The zero-order valence-corrected chi connectivity index (χ0v) is 37.4. The van der Waals surface area contributed by atoms with E-state index >= 15 is 0 Å². The number of rotatable bonds is 8. The molecule has 7 heteroatoms. The molecule has 4 aromatic heterocycles. The Morgan fingerprint density at radius 1 is 0.314 bits per heavy atom. The molecule has 0 aliphatic rings. The monoisotopic (exact) mass is 930 g/mol. The molecule has 328 valence electrons. The van der Waals surface area contributed by atoms with Crippen molar-refractivity contribution in [3.63, 3.8) is 0 Å². The minimum absolute atomic E-state index is 0.0327. The van der Waals surface area contributed by atoms with Crippen LogP contribution in [0.4, 0.5) is 0 Å². The first kappa shape index (κ1) is 24.7. The molecule has 0 bridgehead atoms. The molecule has 0 unspecified atom stereocenters. The summed E-state index contributed by atoms with van der Waals surface area (Å²) in [6, 6.07) is 29.1. The largest absolute Gasteiger partial charge is 0.309 e. The molecular formula is C63H42N6Si. The maximum absolute atomic E-state index is 9.75. The van der Waals surface area contributed by atoms with Crippen molar-refractivity contribution in [2.75, 3.05) is 0 Å². The minimum Gasteiger partial charge on any atom is -0.309 e. The smallest absolute Gasteiger partial charge is 0.240 e. The van der Waals surface area contributed by atoms with Crippen molar-refractivity contribution in [2.45, 2.75) is 0 Å². The van der Waals surface area contributed by atoms with Crippen LogP contribution in [0.25, 0.3) is 94.4 Å². The zero-order valence-electron chi connectivity index (χ0n) is 56.4. The number of benzene rings is 10. The molecule has 0 radical (unpaired) electrons. The molecule has 0 saturated carbocycles. The van der Waals surface area contributed by atoms with Gasteiger partial charge in [0.1, 0.15) is 0 Å². The fourth-order valence-corrected chi connectivity index (χ4v) is 14.8. The second-order valence-electron chi connectivity index (χ2n) is 16.5. The fourth-order valence-electron chi connectivity index (χ4n) is 10.0. The second-order valence-corrected chi connectivity index (χ2v) is 20.3. The quantitative estimate of drug-likeness (QED) is 0.113. The standard InChI is InChI=1S/C63H42N6Si/c1-4-22-43(23-5-1)70(44-24-6-2-7-25-44,45-26-8-3-9-27-45)46-40-41-52-51-32-10-16-34-54(51)67(60(52)42-46)59-39-21-15-33-53(59)61-64-62(68-55-35-17-11-28-47(55)48-29-12-18-36-56(48)68)66-63(65-61)69-57-37-19-13-30-49(57)50-31-14-20-38-58(50)69/h1-42H/i10D,11D,12D,13D,14D,16D,17D,18D,19D,20D,28D,29D,30D,31D,32D,34D,35D,36D,37D,38D. The van der Waals surface area contributed by atoms with Crippen molar-refractivity contribution in [1.82, 2.24) is 28.7 Å². The van der Waals surface area contributed by atoms with E-state index in [2.05, 4.69) is 36.4 Å². The Labute approximate surface area is 432 Å². The summed E-state index contributed by atoms with van der Waals surface area (Å²) in [5.41, 5.74) is -1.00. The highest BCUT2D eigenvalue weighted by atomic mass is 28.3. The van der Waals surface area contributed by atoms with Crippen LogP contribution in [0.1, 0.15) is 27.4 Å². The van der Waals surface area contributed by atoms with E-state index in [1.807, 2.05) is 72.8 Å². The van der Waals surface area contributed by atoms with Gasteiger partial charge in [-0.1, -0.05) is 206 Å². The maximum atomic E-state index is 9.75. The highest BCUT2D eigenvalue weighted by molar-refractivity contribution is 7.20. The lowest BCUT2D eigenvalue weighted by molar-refractivity contribution is 0.892. The third-order valence-electron chi connectivity index (χ3n) is 12.9. The Bertz CT molecular complexity index is 5070. The summed E-state index contributed by atoms with van der Waals surface area (Å²) >= 11 is 0. The van der Waals surface area contributed by atoms with Gasteiger partial charge in [0.15, 0.2) is 13.9 Å². The molecule has 0 aliphatic carbocycles. The minimum atomic E-state index is -3.38. The van der Waals surface area contributed by atoms with E-state index in [9.17, 15) is 13.7 Å². The lowest BCUT2D eigenvalue weighted by atomic mass is 10.1. The first-order valence-electron chi connectivity index (χ1n) is 32.2. The molecule has 0 saturated heterocycles. The van der Waals surface area contributed by atoms with Crippen molar-refractivity contribution in [2.24, 2.45) is 0 Å². The van der Waals surface area contributed by atoms with Crippen LogP contribution in [-0.2, 0) is 0 Å². The van der Waals surface area contributed by atoms with Crippen LogP contribution in [0.2, 0.25) is 0 Å². The summed E-state index contributed by atoms with van der Waals surface area (Å²) in [6.45, 7) is 0. The molecule has 70 heavy (non-hydrogen) atoms. The molecule has 10 aromatic carbocycles. The average molecular weight is 931 g/mol. The topological polar surface area (TPSA) is 53.5 Å². The van der Waals surface area contributed by atoms with Gasteiger partial charge in [0.25, 0.3) is 0 Å². The lowest BCUT2D eigenvalue weighted by Crippen LogP contribution is -2.74. The fraction of sp³-hybridized carbons (Fsp3) is 0. The predicted octanol–water partition coefficient (Wildman–Crippen LogP) is 12.2. The summed E-state index contributed by atoms with van der Waals surface area (Å²) in [5, 5.41) is 3.09. The first-order chi connectivity index (χ1) is 43.1. The van der Waals surface area contributed by atoms with Crippen LogP contribution in [0.3, 0.4) is 0 Å². The second kappa shape index (κ2) is 16.0. The van der Waals surface area contributed by atoms with E-state index in [4.69, 9.17) is 28.7 Å². The first-order valence-corrected chi connectivity index (χ1v) is 24.2. The molecule has 14 aromatic rings. The van der Waals surface area contributed by atoms with Crippen molar-refractivity contribution < 1.29 is 27.4 Å². The van der Waals surface area contributed by atoms with E-state index in [1.165, 1.54) is 0 Å². The molecule has 0 fully saturated rings. The van der Waals surface area contributed by atoms with E-state index in [0.29, 0.717) is 10.9 Å². The molecule has 0 aliphatic heterocycles. The van der Waals surface area contributed by atoms with Gasteiger partial charge in [-0.2, -0.15) is 15.0 Å². The predicted molar refractivity (Wildman–Crippen MR) is 292 cm³/mol. The Morgan fingerprint density at radius 3 is 1.13 bits per heavy atom. The molecule has 4 heterocycles. The van der Waals surface area contributed by atoms with Crippen LogP contribution in [0, 0.1) is 0 Å². The summed E-state index contributed by atoms with van der Waals surface area (Å²) in [7, 11) is -3.38. The van der Waals surface area contributed by atoms with Gasteiger partial charge in [0, 0.05) is 37.9 Å². The normalized spacial score (nSPS) is 16.0. The van der Waals surface area contributed by atoms with E-state index in [1.54, 1.807) is 28.8 Å². The van der Waals surface area contributed by atoms with Crippen molar-refractivity contribution in [1.29, 1.82) is 0 Å². The molecule has 0 spiro atoms. The van der Waals surface area contributed by atoms with Crippen LogP contribution >= 0.6 is 0 Å². The molecule has 0 atom stereocenters. The number of fused-ring (bicyclic) bond motifs is 9. The Balaban J connectivity index is 1.18. The number of nitrogens with zero attached hydrogens (tertiary/aromatic N) is 6. The summed E-state index contributed by atoms with van der Waals surface area (Å²) in [6.07, 6.45) is 0. The van der Waals surface area contributed by atoms with Gasteiger partial charge >= 0.3 is 0 Å². The van der Waals surface area contributed by atoms with Crippen molar-refractivity contribution >= 4 is 94.2 Å². The number of para-hydroxylation sites is 6. The Kier molecular flexibility index (Phi) is 5.65. The Morgan fingerprint density at radius 2 is 0.686 bits per heavy atom. The summed E-state index contributed by atoms with van der Waals surface area (Å²) in [4.78, 5) is 15.0. The van der Waals surface area contributed by atoms with Crippen molar-refractivity contribution in [3.05, 3.63) is 254 Å². The van der Waals surface area contributed by atoms with E-state index < -0.39 is 157 Å². The highest BCUT2D eigenvalue weighted by Gasteiger charge is 2.41. The molecular weight excluding hydrogens is 869 g/mol. The SMILES string of the molecule is [2H]c1c([2H])c([2H])c2c(c1[2H])c1ccc([Si](c3ccccc3)(c3ccccc3)c3ccccc3)cc1n2-c1ccccc1-c1nc(-n2c3c([2H])c([2H])c([2H])c([2H])c3c3c([2H])c([2H])c([2H])c([2H])c32)nc(-n2c3c([2H])c([2H])c([2H])c([2H])c3c3c([2H])c([2H])c([2H])c([2H])c32)n1. The average Bonchev–Trinajstić information content (AvgIpc) is 1.48. The van der Waals surface area contributed by atoms with Gasteiger partial charge in [-0.25, -0.2) is 0 Å². The van der Waals surface area contributed by atoms with Crippen molar-refractivity contribution in [3.8, 4) is 29.0 Å². The lowest BCUT2D eigenvalue weighted by Gasteiger charge is -2.34. The third kappa shape index (κ3) is 5.95. The van der Waals surface area contributed by atoms with E-state index in [-0.39, 0.29) is 55.6 Å². The van der Waals surface area contributed by atoms with Crippen LogP contribution in [0.5, 0.6) is 0 Å². The van der Waals surface area contributed by atoms with Gasteiger partial charge < -0.3 is 4.57 Å². The van der Waals surface area contributed by atoms with Gasteiger partial charge in [0.05, 0.1) is 66.2 Å². The molecule has 0 amide bonds. The van der Waals surface area contributed by atoms with Crippen LogP contribution < -0.4 is 20.7 Å². The van der Waals surface area contributed by atoms with Crippen LogP contribution in [-0.4, -0.2) is 36.7 Å². The maximum Gasteiger partial charge on any atom is 0.240 e. The molecule has 6 nitrogen and oxygen atoms in total. The number of aromatic nitrogens is 6. The van der Waals surface area contributed by atoms with E-state index in [0.717, 1.165) is 29.9 Å². The van der Waals surface area contributed by atoms with Gasteiger partial charge in [0.2, 0.25) is 11.9 Å². The Hall–Kier alpha value is -9.17. The van der Waals surface area contributed by atoms with Crippen LogP contribution in [0.15, 0.2) is 254 Å². The van der Waals surface area contributed by atoms with Gasteiger partial charge in [-0.05, 0) is 69.2 Å².